The van der Waals surface area contributed by atoms with Crippen LogP contribution in [0.15, 0.2) is 30.7 Å². The molecule has 1 saturated carbocycles. The van der Waals surface area contributed by atoms with E-state index < -0.39 is 0 Å². The van der Waals surface area contributed by atoms with E-state index in [2.05, 4.69) is 9.55 Å². The van der Waals surface area contributed by atoms with Crippen molar-refractivity contribution >= 4 is 0 Å². The number of ether oxygens (including phenoxy) is 1. The van der Waals surface area contributed by atoms with Gasteiger partial charge in [0.1, 0.15) is 5.82 Å². The van der Waals surface area contributed by atoms with Gasteiger partial charge in [-0.05, 0) is 37.0 Å². The van der Waals surface area contributed by atoms with Gasteiger partial charge in [-0.15, -0.1) is 0 Å². The van der Waals surface area contributed by atoms with Gasteiger partial charge in [-0.25, -0.2) is 9.37 Å². The van der Waals surface area contributed by atoms with Gasteiger partial charge in [0, 0.05) is 30.1 Å². The van der Waals surface area contributed by atoms with Gasteiger partial charge in [0.05, 0.1) is 30.4 Å². The minimum atomic E-state index is -0.331. The number of halogens is 1. The molecule has 1 aromatic carbocycles. The normalized spacial score (nSPS) is 30.8. The number of aliphatic hydroxyl groups is 1. The molecule has 3 aliphatic rings. The van der Waals surface area contributed by atoms with Crippen molar-refractivity contribution in [2.24, 2.45) is 11.3 Å². The lowest BCUT2D eigenvalue weighted by atomic mass is 9.53. The summed E-state index contributed by atoms with van der Waals surface area (Å²) in [6, 6.07) is 5.02. The van der Waals surface area contributed by atoms with E-state index in [0.29, 0.717) is 0 Å². The smallest absolute Gasteiger partial charge is 0.123 e. The van der Waals surface area contributed by atoms with E-state index in [1.807, 2.05) is 6.07 Å². The molecule has 0 amide bonds. The second kappa shape index (κ2) is 4.65. The van der Waals surface area contributed by atoms with E-state index in [-0.39, 0.29) is 29.3 Å². The Balaban J connectivity index is 1.53. The summed E-state index contributed by atoms with van der Waals surface area (Å²) >= 11 is 0. The summed E-state index contributed by atoms with van der Waals surface area (Å²) < 4.78 is 21.2. The molecule has 2 aliphatic heterocycles. The third-order valence-corrected chi connectivity index (χ3v) is 6.15. The van der Waals surface area contributed by atoms with Crippen molar-refractivity contribution in [2.45, 2.75) is 31.4 Å². The molecular weight excluding hydrogens is 295 g/mol. The van der Waals surface area contributed by atoms with Crippen LogP contribution in [-0.2, 0) is 4.74 Å². The third kappa shape index (κ3) is 1.75. The predicted molar refractivity (Wildman–Crippen MR) is 82.4 cm³/mol. The maximum Gasteiger partial charge on any atom is 0.123 e. The van der Waals surface area contributed by atoms with Gasteiger partial charge in [-0.2, -0.15) is 0 Å². The van der Waals surface area contributed by atoms with Crippen LogP contribution in [0.2, 0.25) is 0 Å². The lowest BCUT2D eigenvalue weighted by Gasteiger charge is -2.56. The summed E-state index contributed by atoms with van der Waals surface area (Å²) in [5.74, 6) is -0.0695. The Kier molecular flexibility index (Phi) is 2.77. The van der Waals surface area contributed by atoms with Gasteiger partial charge in [-0.3, -0.25) is 0 Å². The summed E-state index contributed by atoms with van der Waals surface area (Å²) in [5.41, 5.74) is 2.99. The van der Waals surface area contributed by atoms with E-state index in [0.717, 1.165) is 49.3 Å². The molecule has 2 aromatic rings. The molecule has 1 N–H and O–H groups in total. The number of aliphatic hydroxyl groups excluding tert-OH is 1. The van der Waals surface area contributed by atoms with Crippen LogP contribution in [0.1, 0.15) is 30.9 Å². The molecule has 2 fully saturated rings. The maximum atomic E-state index is 13.7. The van der Waals surface area contributed by atoms with Crippen molar-refractivity contribution in [3.63, 3.8) is 0 Å². The highest BCUT2D eigenvalue weighted by Crippen LogP contribution is 2.59. The quantitative estimate of drug-likeness (QED) is 0.880. The summed E-state index contributed by atoms with van der Waals surface area (Å²) in [7, 11) is 0. The number of hydrogen-bond acceptors (Lipinski definition) is 3. The first kappa shape index (κ1) is 13.7. The maximum absolute atomic E-state index is 13.7. The number of fused-ring (bicyclic) bond motifs is 3. The molecule has 1 saturated heterocycles. The van der Waals surface area contributed by atoms with E-state index in [1.54, 1.807) is 18.6 Å². The number of rotatable bonds is 1. The van der Waals surface area contributed by atoms with Crippen molar-refractivity contribution in [2.75, 3.05) is 13.2 Å². The van der Waals surface area contributed by atoms with Gasteiger partial charge in [0.2, 0.25) is 0 Å². The first-order valence-corrected chi connectivity index (χ1v) is 8.27. The molecule has 0 bridgehead atoms. The Morgan fingerprint density at radius 3 is 2.91 bits per heavy atom. The van der Waals surface area contributed by atoms with Crippen LogP contribution in [0.25, 0.3) is 11.3 Å². The number of imidazole rings is 1. The first-order valence-electron chi connectivity index (χ1n) is 8.27. The highest BCUT2D eigenvalue weighted by Gasteiger charge is 2.57. The molecule has 1 aliphatic carbocycles. The molecule has 3 heterocycles. The number of nitrogens with zero attached hydrogens (tertiary/aromatic N) is 2. The van der Waals surface area contributed by atoms with E-state index in [4.69, 9.17) is 4.74 Å². The Labute approximate surface area is 133 Å². The molecule has 1 aromatic heterocycles. The largest absolute Gasteiger partial charge is 0.392 e. The average molecular weight is 314 g/mol. The zero-order valence-corrected chi connectivity index (χ0v) is 12.8. The molecule has 120 valence electrons. The van der Waals surface area contributed by atoms with Crippen molar-refractivity contribution in [1.82, 2.24) is 9.55 Å². The van der Waals surface area contributed by atoms with Gasteiger partial charge < -0.3 is 14.4 Å². The number of hydrogen-bond donors (Lipinski definition) is 1. The second-order valence-electron chi connectivity index (χ2n) is 7.15. The Morgan fingerprint density at radius 1 is 1.30 bits per heavy atom. The minimum Gasteiger partial charge on any atom is -0.392 e. The van der Waals surface area contributed by atoms with Crippen molar-refractivity contribution in [1.29, 1.82) is 0 Å². The van der Waals surface area contributed by atoms with Crippen molar-refractivity contribution in [3.8, 4) is 11.3 Å². The van der Waals surface area contributed by atoms with Crippen LogP contribution < -0.4 is 0 Å². The molecule has 1 spiro atoms. The zero-order chi connectivity index (χ0) is 15.6. The topological polar surface area (TPSA) is 47.3 Å². The van der Waals surface area contributed by atoms with Crippen LogP contribution >= 0.6 is 0 Å². The van der Waals surface area contributed by atoms with Crippen LogP contribution in [0.5, 0.6) is 0 Å². The van der Waals surface area contributed by atoms with Crippen LogP contribution in [0.4, 0.5) is 4.39 Å². The SMILES string of the molecule is O[C@H]1[C@H]([C@@H]2c3ccc(F)cc3-c3cncn32)CC12CCOCC2. The molecule has 3 atom stereocenters. The lowest BCUT2D eigenvalue weighted by molar-refractivity contribution is -0.173. The fourth-order valence-electron chi connectivity index (χ4n) is 4.89. The van der Waals surface area contributed by atoms with Gasteiger partial charge in [-0.1, -0.05) is 6.07 Å². The molecule has 23 heavy (non-hydrogen) atoms. The fourth-order valence-corrected chi connectivity index (χ4v) is 4.89. The van der Waals surface area contributed by atoms with Crippen LogP contribution in [0.3, 0.4) is 0 Å². The van der Waals surface area contributed by atoms with Crippen molar-refractivity contribution < 1.29 is 14.2 Å². The number of benzene rings is 1. The van der Waals surface area contributed by atoms with Crippen LogP contribution in [0, 0.1) is 17.2 Å². The molecular formula is C18H19FN2O2. The highest BCUT2D eigenvalue weighted by molar-refractivity contribution is 5.69. The van der Waals surface area contributed by atoms with E-state index in [1.165, 1.54) is 6.07 Å². The van der Waals surface area contributed by atoms with Gasteiger partial charge in [0.15, 0.2) is 0 Å². The van der Waals surface area contributed by atoms with Gasteiger partial charge in [0.25, 0.3) is 0 Å². The molecule has 5 heteroatoms. The van der Waals surface area contributed by atoms with Crippen LogP contribution in [-0.4, -0.2) is 34.0 Å². The fraction of sp³-hybridized carbons (Fsp3) is 0.500. The molecule has 0 radical (unpaired) electrons. The standard InChI is InChI=1S/C18H19FN2O2/c19-11-1-2-12-13(7-11)15-9-20-10-21(15)16(12)14-8-18(17(14)22)3-5-23-6-4-18/h1-2,7,9-10,14,16-17,22H,3-6,8H2/t14-,16-,17-/m0/s1. The Hall–Kier alpha value is -1.72. The van der Waals surface area contributed by atoms with E-state index in [9.17, 15) is 9.50 Å². The van der Waals surface area contributed by atoms with Gasteiger partial charge >= 0.3 is 0 Å². The zero-order valence-electron chi connectivity index (χ0n) is 12.8. The molecule has 4 nitrogen and oxygen atoms in total. The lowest BCUT2D eigenvalue weighted by Crippen LogP contribution is -2.57. The average Bonchev–Trinajstić information content (AvgIpc) is 3.15. The van der Waals surface area contributed by atoms with E-state index >= 15 is 0 Å². The second-order valence-corrected chi connectivity index (χ2v) is 7.15. The summed E-state index contributed by atoms with van der Waals surface area (Å²) in [4.78, 5) is 4.23. The summed E-state index contributed by atoms with van der Waals surface area (Å²) in [5, 5.41) is 10.9. The molecule has 5 rings (SSSR count). The highest BCUT2D eigenvalue weighted by atomic mass is 19.1. The number of aromatic nitrogens is 2. The molecule has 0 unspecified atom stereocenters. The summed E-state index contributed by atoms with van der Waals surface area (Å²) in [6.07, 6.45) is 6.13. The summed E-state index contributed by atoms with van der Waals surface area (Å²) in [6.45, 7) is 1.49. The monoisotopic (exact) mass is 314 g/mol. The minimum absolute atomic E-state index is 0.0203. The van der Waals surface area contributed by atoms with Crippen molar-refractivity contribution in [3.05, 3.63) is 42.1 Å². The Morgan fingerprint density at radius 2 is 2.13 bits per heavy atom. The first-order chi connectivity index (χ1) is 11.2. The Bertz CT molecular complexity index is 766. The third-order valence-electron chi connectivity index (χ3n) is 6.15. The predicted octanol–water partition coefficient (Wildman–Crippen LogP) is 2.77.